The van der Waals surface area contributed by atoms with Crippen LogP contribution in [0.5, 0.6) is 0 Å². The van der Waals surface area contributed by atoms with E-state index in [9.17, 15) is 0 Å². The zero-order chi connectivity index (χ0) is 6.95. The van der Waals surface area contributed by atoms with Gasteiger partial charge in [0.1, 0.15) is 0 Å². The fourth-order valence-corrected chi connectivity index (χ4v) is 1.17. The molecule has 0 heterocycles. The van der Waals surface area contributed by atoms with Gasteiger partial charge in [0.05, 0.1) is 0 Å². The zero-order valence-electron chi connectivity index (χ0n) is 6.39. The van der Waals surface area contributed by atoms with E-state index in [0.29, 0.717) is 0 Å². The topological polar surface area (TPSA) is 0 Å². The van der Waals surface area contributed by atoms with E-state index in [2.05, 4.69) is 25.3 Å². The van der Waals surface area contributed by atoms with Gasteiger partial charge in [-0.15, -0.1) is 0 Å². The monoisotopic (exact) mass is 144 g/mol. The van der Waals surface area contributed by atoms with Gasteiger partial charge in [-0.1, -0.05) is 12.2 Å². The molecule has 0 aliphatic heterocycles. The molecule has 0 saturated heterocycles. The minimum Gasteiger partial charge on any atom is -0.165 e. The van der Waals surface area contributed by atoms with Crippen molar-refractivity contribution in [3.8, 4) is 0 Å². The molecule has 0 aromatic carbocycles. The van der Waals surface area contributed by atoms with Crippen molar-refractivity contribution >= 4 is 11.8 Å². The molecule has 9 heavy (non-hydrogen) atoms. The molecule has 0 aliphatic rings. The number of unbranched alkanes of at least 4 members (excludes halogenated alkanes) is 2. The Hall–Kier alpha value is 0.0900. The predicted molar refractivity (Wildman–Crippen MR) is 47.0 cm³/mol. The van der Waals surface area contributed by atoms with Crippen LogP contribution in [0.15, 0.2) is 12.2 Å². The molecule has 0 spiro atoms. The summed E-state index contributed by atoms with van der Waals surface area (Å²) < 4.78 is 0. The first kappa shape index (κ1) is 9.09. The van der Waals surface area contributed by atoms with Crippen molar-refractivity contribution in [1.29, 1.82) is 0 Å². The number of hydrogen-bond acceptors (Lipinski definition) is 1. The fraction of sp³-hybridized carbons (Fsp3) is 0.750. The second kappa shape index (κ2) is 8.09. The highest BCUT2D eigenvalue weighted by atomic mass is 32.2. The molecule has 1 heteroatoms. The van der Waals surface area contributed by atoms with Crippen molar-refractivity contribution in [3.63, 3.8) is 0 Å². The normalized spacial score (nSPS) is 10.9. The summed E-state index contributed by atoms with van der Waals surface area (Å²) in [5.41, 5.74) is 0. The van der Waals surface area contributed by atoms with Crippen LogP contribution in [0.3, 0.4) is 0 Å². The van der Waals surface area contributed by atoms with E-state index in [1.165, 1.54) is 25.0 Å². The first-order valence-corrected chi connectivity index (χ1v) is 4.91. The molecular formula is C8H16S. The number of hydrogen-bond donors (Lipinski definition) is 0. The summed E-state index contributed by atoms with van der Waals surface area (Å²) in [6.07, 6.45) is 10.5. The summed E-state index contributed by atoms with van der Waals surface area (Å²) in [6.45, 7) is 2.08. The molecule has 0 N–H and O–H groups in total. The van der Waals surface area contributed by atoms with E-state index in [4.69, 9.17) is 0 Å². The van der Waals surface area contributed by atoms with Crippen molar-refractivity contribution in [3.05, 3.63) is 12.2 Å². The smallest absolute Gasteiger partial charge is 0.00702 e. The largest absolute Gasteiger partial charge is 0.165 e. The highest BCUT2D eigenvalue weighted by Crippen LogP contribution is 2.02. The number of thioether (sulfide) groups is 1. The Morgan fingerprint density at radius 2 is 2.11 bits per heavy atom. The maximum atomic E-state index is 2.24. The fourth-order valence-electron chi connectivity index (χ4n) is 0.675. The number of rotatable bonds is 5. The highest BCUT2D eigenvalue weighted by molar-refractivity contribution is 7.98. The van der Waals surface area contributed by atoms with Crippen LogP contribution in [0.1, 0.15) is 26.2 Å². The summed E-state index contributed by atoms with van der Waals surface area (Å²) in [5.74, 6) is 1.32. The summed E-state index contributed by atoms with van der Waals surface area (Å²) in [5, 5.41) is 0. The van der Waals surface area contributed by atoms with Crippen LogP contribution in [0.4, 0.5) is 0 Å². The van der Waals surface area contributed by atoms with Gasteiger partial charge in [0, 0.05) is 0 Å². The molecular weight excluding hydrogens is 128 g/mol. The maximum absolute atomic E-state index is 2.24. The van der Waals surface area contributed by atoms with Gasteiger partial charge < -0.3 is 0 Å². The van der Waals surface area contributed by atoms with Crippen LogP contribution >= 0.6 is 11.8 Å². The van der Waals surface area contributed by atoms with E-state index in [1.54, 1.807) is 0 Å². The molecule has 0 nitrogen and oxygen atoms in total. The summed E-state index contributed by atoms with van der Waals surface area (Å²) in [7, 11) is 0. The van der Waals surface area contributed by atoms with Crippen molar-refractivity contribution in [2.24, 2.45) is 0 Å². The maximum Gasteiger partial charge on any atom is -0.00702 e. The van der Waals surface area contributed by atoms with Gasteiger partial charge >= 0.3 is 0 Å². The lowest BCUT2D eigenvalue weighted by Gasteiger charge is -1.92. The minimum atomic E-state index is 1.26. The van der Waals surface area contributed by atoms with Crippen LogP contribution in [0.2, 0.25) is 0 Å². The van der Waals surface area contributed by atoms with Crippen LogP contribution in [-0.2, 0) is 0 Å². The molecule has 0 aromatic rings. The van der Waals surface area contributed by atoms with E-state index < -0.39 is 0 Å². The Kier molecular flexibility index (Phi) is 8.17. The average molecular weight is 144 g/mol. The third kappa shape index (κ3) is 8.09. The summed E-state index contributed by atoms with van der Waals surface area (Å²) >= 11 is 1.94. The third-order valence-corrected chi connectivity index (χ3v) is 1.90. The molecule has 0 amide bonds. The van der Waals surface area contributed by atoms with Crippen molar-refractivity contribution in [2.45, 2.75) is 26.2 Å². The molecule has 54 valence electrons. The lowest BCUT2D eigenvalue weighted by Crippen LogP contribution is -1.76. The van der Waals surface area contributed by atoms with Gasteiger partial charge in [-0.25, -0.2) is 0 Å². The van der Waals surface area contributed by atoms with Gasteiger partial charge in [0.15, 0.2) is 0 Å². The Labute approximate surface area is 62.7 Å². The minimum absolute atomic E-state index is 1.26. The van der Waals surface area contributed by atoms with E-state index in [1.807, 2.05) is 11.8 Å². The molecule has 0 atom stereocenters. The quantitative estimate of drug-likeness (QED) is 0.422. The predicted octanol–water partition coefficient (Wildman–Crippen LogP) is 3.10. The third-order valence-electron chi connectivity index (χ3n) is 1.20. The summed E-state index contributed by atoms with van der Waals surface area (Å²) in [4.78, 5) is 0. The zero-order valence-corrected chi connectivity index (χ0v) is 7.21. The van der Waals surface area contributed by atoms with Gasteiger partial charge in [-0.2, -0.15) is 11.8 Å². The van der Waals surface area contributed by atoms with Gasteiger partial charge in [0.2, 0.25) is 0 Å². The number of allylic oxidation sites excluding steroid dienone is 2. The lowest BCUT2D eigenvalue weighted by molar-refractivity contribution is 0.823. The van der Waals surface area contributed by atoms with E-state index in [0.717, 1.165) is 0 Å². The molecule has 0 unspecified atom stereocenters. The van der Waals surface area contributed by atoms with E-state index >= 15 is 0 Å². The second-order valence-electron chi connectivity index (χ2n) is 2.06. The molecule has 0 rings (SSSR count). The van der Waals surface area contributed by atoms with Crippen molar-refractivity contribution in [1.82, 2.24) is 0 Å². The van der Waals surface area contributed by atoms with Crippen LogP contribution in [0.25, 0.3) is 0 Å². The standard InChI is InChI=1S/C8H16S/c1-3-4-5-6-7-8-9-2/h3-4H,5-8H2,1-2H3/b4-3+. The van der Waals surface area contributed by atoms with E-state index in [-0.39, 0.29) is 0 Å². The lowest BCUT2D eigenvalue weighted by atomic mass is 10.2. The Bertz CT molecular complexity index is 67.0. The molecule has 0 radical (unpaired) electrons. The first-order chi connectivity index (χ1) is 4.41. The molecule has 0 bridgehead atoms. The second-order valence-corrected chi connectivity index (χ2v) is 3.04. The highest BCUT2D eigenvalue weighted by Gasteiger charge is 1.82. The SMILES string of the molecule is C/C=C/CCCCSC. The van der Waals surface area contributed by atoms with Crippen LogP contribution in [-0.4, -0.2) is 12.0 Å². The molecule has 0 fully saturated rings. The van der Waals surface area contributed by atoms with Gasteiger partial charge in [-0.3, -0.25) is 0 Å². The molecule has 0 aliphatic carbocycles. The van der Waals surface area contributed by atoms with Crippen molar-refractivity contribution < 1.29 is 0 Å². The average Bonchev–Trinajstić information content (AvgIpc) is 1.89. The Morgan fingerprint density at radius 3 is 2.67 bits per heavy atom. The van der Waals surface area contributed by atoms with Crippen molar-refractivity contribution in [2.75, 3.05) is 12.0 Å². The Balaban J connectivity index is 2.75. The molecule has 0 saturated carbocycles. The van der Waals surface area contributed by atoms with Gasteiger partial charge in [0.25, 0.3) is 0 Å². The summed E-state index contributed by atoms with van der Waals surface area (Å²) in [6, 6.07) is 0. The van der Waals surface area contributed by atoms with Gasteiger partial charge in [-0.05, 0) is 38.2 Å². The first-order valence-electron chi connectivity index (χ1n) is 3.52. The van der Waals surface area contributed by atoms with Crippen LogP contribution < -0.4 is 0 Å². The van der Waals surface area contributed by atoms with Crippen LogP contribution in [0, 0.1) is 0 Å². The Morgan fingerprint density at radius 1 is 1.33 bits per heavy atom. The molecule has 0 aromatic heterocycles.